The number of rotatable bonds is 8. The van der Waals surface area contributed by atoms with Crippen LogP contribution in [0.5, 0.6) is 5.75 Å². The molecule has 2 N–H and O–H groups in total. The van der Waals surface area contributed by atoms with Gasteiger partial charge < -0.3 is 20.1 Å². The van der Waals surface area contributed by atoms with Crippen molar-refractivity contribution in [1.82, 2.24) is 5.32 Å². The molecule has 3 aromatic carbocycles. The number of allylic oxidation sites excluding steroid dienone is 1. The summed E-state index contributed by atoms with van der Waals surface area (Å²) in [5.41, 5.74) is 4.88. The van der Waals surface area contributed by atoms with Gasteiger partial charge in [0, 0.05) is 34.1 Å². The summed E-state index contributed by atoms with van der Waals surface area (Å²) < 4.78 is 10.9. The zero-order chi connectivity index (χ0) is 24.8. The Balaban J connectivity index is 1.40. The van der Waals surface area contributed by atoms with Crippen LogP contribution >= 0.6 is 0 Å². The van der Waals surface area contributed by atoms with Crippen molar-refractivity contribution in [2.24, 2.45) is 0 Å². The van der Waals surface area contributed by atoms with Crippen molar-refractivity contribution in [3.05, 3.63) is 101 Å². The molecule has 0 unspecified atom stereocenters. The topological polar surface area (TPSA) is 76.7 Å². The van der Waals surface area contributed by atoms with Crippen molar-refractivity contribution >= 4 is 23.1 Å². The van der Waals surface area contributed by atoms with Crippen molar-refractivity contribution in [2.45, 2.75) is 32.4 Å². The van der Waals surface area contributed by atoms with Gasteiger partial charge in [0.05, 0.1) is 13.7 Å². The second kappa shape index (κ2) is 10.6. The van der Waals surface area contributed by atoms with E-state index in [1.807, 2.05) is 42.5 Å². The number of hydrogen-bond donors (Lipinski definition) is 2. The van der Waals surface area contributed by atoms with Crippen LogP contribution in [0.2, 0.25) is 0 Å². The number of ether oxygens (including phenoxy) is 2. The Morgan fingerprint density at radius 3 is 2.49 bits per heavy atom. The van der Waals surface area contributed by atoms with E-state index in [0.29, 0.717) is 17.9 Å². The van der Waals surface area contributed by atoms with Gasteiger partial charge in [-0.05, 0) is 67.8 Å². The third-order valence-electron chi connectivity index (χ3n) is 5.79. The summed E-state index contributed by atoms with van der Waals surface area (Å²) in [4.78, 5) is 25.2. The molecule has 180 valence electrons. The molecule has 0 spiro atoms. The van der Waals surface area contributed by atoms with Gasteiger partial charge in [-0.25, -0.2) is 0 Å². The number of benzene rings is 3. The molecule has 6 nitrogen and oxygen atoms in total. The third kappa shape index (κ3) is 6.37. The molecule has 0 saturated heterocycles. The molecule has 1 aliphatic rings. The van der Waals surface area contributed by atoms with Crippen LogP contribution in [0.4, 0.5) is 5.69 Å². The van der Waals surface area contributed by atoms with Gasteiger partial charge in [0.2, 0.25) is 5.91 Å². The Labute approximate surface area is 206 Å². The average molecular weight is 471 g/mol. The highest BCUT2D eigenvalue weighted by Gasteiger charge is 2.28. The summed E-state index contributed by atoms with van der Waals surface area (Å²) in [6, 6.07) is 22.5. The first-order valence-corrected chi connectivity index (χ1v) is 11.6. The standard InChI is InChI=1S/C29H30N2O4/c1-29(2)17-22-11-14-24(34-3)15-25(22)26(31-29)16-27(32)21-9-12-23(13-10-21)30-28(33)19-35-18-20-7-5-4-6-8-20/h4-16,31H,17-19H2,1-3H3,(H,30,33). The van der Waals surface area contributed by atoms with Gasteiger partial charge in [0.25, 0.3) is 0 Å². The maximum absolute atomic E-state index is 13.0. The van der Waals surface area contributed by atoms with Crippen LogP contribution in [0.1, 0.15) is 40.9 Å². The van der Waals surface area contributed by atoms with E-state index in [2.05, 4.69) is 30.5 Å². The van der Waals surface area contributed by atoms with E-state index >= 15 is 0 Å². The van der Waals surface area contributed by atoms with E-state index < -0.39 is 0 Å². The normalized spacial score (nSPS) is 15.1. The molecule has 0 aliphatic carbocycles. The summed E-state index contributed by atoms with van der Waals surface area (Å²) in [6.45, 7) is 4.54. The molecule has 0 fully saturated rings. The number of methoxy groups -OCH3 is 1. The molecular weight excluding hydrogens is 440 g/mol. The highest BCUT2D eigenvalue weighted by molar-refractivity contribution is 6.09. The monoisotopic (exact) mass is 470 g/mol. The van der Waals surface area contributed by atoms with Gasteiger partial charge in [0.1, 0.15) is 12.4 Å². The minimum Gasteiger partial charge on any atom is -0.497 e. The Bertz CT molecular complexity index is 1230. The van der Waals surface area contributed by atoms with Gasteiger partial charge in [-0.2, -0.15) is 0 Å². The summed E-state index contributed by atoms with van der Waals surface area (Å²) in [7, 11) is 1.63. The second-order valence-electron chi connectivity index (χ2n) is 9.23. The fourth-order valence-corrected chi connectivity index (χ4v) is 4.12. The fraction of sp³-hybridized carbons (Fsp3) is 0.241. The van der Waals surface area contributed by atoms with Crippen LogP contribution in [-0.4, -0.2) is 30.9 Å². The van der Waals surface area contributed by atoms with Crippen molar-refractivity contribution in [3.63, 3.8) is 0 Å². The lowest BCUT2D eigenvalue weighted by Gasteiger charge is -2.35. The zero-order valence-corrected chi connectivity index (χ0v) is 20.3. The summed E-state index contributed by atoms with van der Waals surface area (Å²) in [6.07, 6.45) is 2.48. The van der Waals surface area contributed by atoms with Gasteiger partial charge in [-0.1, -0.05) is 36.4 Å². The largest absolute Gasteiger partial charge is 0.497 e. The van der Waals surface area contributed by atoms with Crippen molar-refractivity contribution < 1.29 is 19.1 Å². The molecule has 1 amide bonds. The average Bonchev–Trinajstić information content (AvgIpc) is 2.84. The van der Waals surface area contributed by atoms with Gasteiger partial charge in [0.15, 0.2) is 5.78 Å². The van der Waals surface area contributed by atoms with Crippen LogP contribution < -0.4 is 15.4 Å². The van der Waals surface area contributed by atoms with E-state index in [-0.39, 0.29) is 23.8 Å². The Kier molecular flexibility index (Phi) is 7.32. The highest BCUT2D eigenvalue weighted by atomic mass is 16.5. The lowest BCUT2D eigenvalue weighted by atomic mass is 9.85. The Morgan fingerprint density at radius 1 is 1.03 bits per heavy atom. The summed E-state index contributed by atoms with van der Waals surface area (Å²) in [5.74, 6) is 0.376. The SMILES string of the molecule is COc1ccc2c(c1)C(=CC(=O)c1ccc(NC(=O)COCc3ccccc3)cc1)NC(C)(C)C2. The molecule has 3 aromatic rings. The number of nitrogens with one attached hydrogen (secondary N) is 2. The van der Waals surface area contributed by atoms with Crippen LogP contribution in [0.25, 0.3) is 5.70 Å². The molecule has 6 heteroatoms. The Morgan fingerprint density at radius 2 is 1.77 bits per heavy atom. The molecule has 0 bridgehead atoms. The second-order valence-corrected chi connectivity index (χ2v) is 9.23. The van der Waals surface area contributed by atoms with E-state index in [1.165, 1.54) is 5.56 Å². The molecular formula is C29H30N2O4. The highest BCUT2D eigenvalue weighted by Crippen LogP contribution is 2.32. The summed E-state index contributed by atoms with van der Waals surface area (Å²) in [5, 5.41) is 6.28. The number of carbonyl (C=O) groups is 2. The molecule has 0 radical (unpaired) electrons. The molecule has 1 heterocycles. The molecule has 0 aromatic heterocycles. The number of fused-ring (bicyclic) bond motifs is 1. The number of anilines is 1. The van der Waals surface area contributed by atoms with Crippen molar-refractivity contribution in [1.29, 1.82) is 0 Å². The smallest absolute Gasteiger partial charge is 0.250 e. The zero-order valence-electron chi connectivity index (χ0n) is 20.3. The number of amides is 1. The minimum absolute atomic E-state index is 0.0496. The van der Waals surface area contributed by atoms with E-state index in [0.717, 1.165) is 29.0 Å². The maximum atomic E-state index is 13.0. The van der Waals surface area contributed by atoms with Gasteiger partial charge >= 0.3 is 0 Å². The first-order chi connectivity index (χ1) is 16.8. The Hall–Kier alpha value is -3.90. The van der Waals surface area contributed by atoms with Crippen molar-refractivity contribution in [2.75, 3.05) is 19.0 Å². The van der Waals surface area contributed by atoms with Gasteiger partial charge in [-0.15, -0.1) is 0 Å². The van der Waals surface area contributed by atoms with E-state index in [9.17, 15) is 9.59 Å². The molecule has 1 aliphatic heterocycles. The van der Waals surface area contributed by atoms with Crippen LogP contribution in [0.15, 0.2) is 78.9 Å². The molecule has 0 atom stereocenters. The molecule has 35 heavy (non-hydrogen) atoms. The first kappa shape index (κ1) is 24.2. The minimum atomic E-state index is -0.249. The maximum Gasteiger partial charge on any atom is 0.250 e. The molecule has 0 saturated carbocycles. The number of carbonyl (C=O) groups excluding carboxylic acids is 2. The van der Waals surface area contributed by atoms with Gasteiger partial charge in [-0.3, -0.25) is 9.59 Å². The number of ketones is 1. The van der Waals surface area contributed by atoms with Crippen molar-refractivity contribution in [3.8, 4) is 5.75 Å². The predicted octanol–water partition coefficient (Wildman–Crippen LogP) is 5.00. The predicted molar refractivity (Wildman–Crippen MR) is 137 cm³/mol. The van der Waals surface area contributed by atoms with Crippen LogP contribution in [0.3, 0.4) is 0 Å². The summed E-state index contributed by atoms with van der Waals surface area (Å²) >= 11 is 0. The van der Waals surface area contributed by atoms with E-state index in [1.54, 1.807) is 37.5 Å². The molecule has 4 rings (SSSR count). The van der Waals surface area contributed by atoms with Crippen LogP contribution in [0, 0.1) is 0 Å². The first-order valence-electron chi connectivity index (χ1n) is 11.6. The quantitative estimate of drug-likeness (QED) is 0.358. The van der Waals surface area contributed by atoms with E-state index in [4.69, 9.17) is 9.47 Å². The third-order valence-corrected chi connectivity index (χ3v) is 5.79. The lowest BCUT2D eigenvalue weighted by Crippen LogP contribution is -2.43. The lowest BCUT2D eigenvalue weighted by molar-refractivity contribution is -0.121. The fourth-order valence-electron chi connectivity index (χ4n) is 4.12. The van der Waals surface area contributed by atoms with Crippen LogP contribution in [-0.2, 0) is 22.6 Å². The number of hydrogen-bond acceptors (Lipinski definition) is 5.